The van der Waals surface area contributed by atoms with Crippen molar-refractivity contribution in [3.8, 4) is 11.5 Å². The van der Waals surface area contributed by atoms with Crippen molar-refractivity contribution in [2.45, 2.75) is 46.8 Å². The van der Waals surface area contributed by atoms with Crippen molar-refractivity contribution in [2.75, 3.05) is 58.4 Å². The predicted octanol–water partition coefficient (Wildman–Crippen LogP) is 0.136. The molecule has 15 heteroatoms. The Balaban J connectivity index is 1.08. The summed E-state index contributed by atoms with van der Waals surface area (Å²) in [5, 5.41) is 16.8. The molecule has 0 radical (unpaired) electrons. The summed E-state index contributed by atoms with van der Waals surface area (Å²) in [7, 11) is -5.96. The number of anilines is 1. The number of pyridine rings is 1. The van der Waals surface area contributed by atoms with Gasteiger partial charge >= 0.3 is 0 Å². The quantitative estimate of drug-likeness (QED) is 0.294. The SMILES string of the molecule is CNS(=O)(=O)c1cccc(OCC(O)CNC2COC3(CCN(S(=O)(=O)c4cnc5c(c4)OCCN5)CC3)C2)c1. The minimum Gasteiger partial charge on any atom is -0.491 e. The number of benzene rings is 1. The molecule has 220 valence electrons. The number of nitrogens with zero attached hydrogens (tertiary/aromatic N) is 2. The fraction of sp³-hybridized carbons (Fsp3) is 0.560. The first-order valence-electron chi connectivity index (χ1n) is 13.2. The summed E-state index contributed by atoms with van der Waals surface area (Å²) in [6.07, 6.45) is 2.38. The van der Waals surface area contributed by atoms with Gasteiger partial charge in [-0.3, -0.25) is 0 Å². The highest BCUT2D eigenvalue weighted by Crippen LogP contribution is 2.38. The Kier molecular flexibility index (Phi) is 8.52. The van der Waals surface area contributed by atoms with Gasteiger partial charge in [0.1, 0.15) is 30.0 Å². The van der Waals surface area contributed by atoms with E-state index in [0.717, 1.165) is 0 Å². The van der Waals surface area contributed by atoms with Crippen molar-refractivity contribution in [3.63, 3.8) is 0 Å². The number of hydrogen-bond donors (Lipinski definition) is 4. The summed E-state index contributed by atoms with van der Waals surface area (Å²) >= 11 is 0. The zero-order valence-corrected chi connectivity index (χ0v) is 23.8. The maximum atomic E-state index is 13.2. The molecule has 0 amide bonds. The van der Waals surface area contributed by atoms with Crippen LogP contribution in [-0.2, 0) is 24.8 Å². The van der Waals surface area contributed by atoms with Crippen LogP contribution in [0.3, 0.4) is 0 Å². The molecule has 13 nitrogen and oxygen atoms in total. The number of piperidine rings is 1. The van der Waals surface area contributed by atoms with Crippen LogP contribution >= 0.6 is 0 Å². The molecule has 0 bridgehead atoms. The largest absolute Gasteiger partial charge is 0.491 e. The van der Waals surface area contributed by atoms with E-state index < -0.39 is 31.8 Å². The lowest BCUT2D eigenvalue weighted by Gasteiger charge is -2.38. The molecule has 1 spiro atoms. The smallest absolute Gasteiger partial charge is 0.244 e. The number of rotatable bonds is 10. The van der Waals surface area contributed by atoms with Gasteiger partial charge in [0.15, 0.2) is 11.6 Å². The first-order chi connectivity index (χ1) is 19.1. The number of sulfonamides is 2. The number of nitrogens with one attached hydrogen (secondary N) is 3. The zero-order chi connectivity index (χ0) is 28.4. The molecular formula is C25H35N5O8S2. The molecule has 3 aliphatic rings. The van der Waals surface area contributed by atoms with Crippen molar-refractivity contribution in [2.24, 2.45) is 0 Å². The summed E-state index contributed by atoms with van der Waals surface area (Å²) in [4.78, 5) is 4.41. The molecular weight excluding hydrogens is 562 g/mol. The van der Waals surface area contributed by atoms with E-state index >= 15 is 0 Å². The van der Waals surface area contributed by atoms with E-state index in [-0.39, 0.29) is 29.0 Å². The fourth-order valence-electron chi connectivity index (χ4n) is 5.15. The van der Waals surface area contributed by atoms with Crippen LogP contribution in [0.15, 0.2) is 46.3 Å². The summed E-state index contributed by atoms with van der Waals surface area (Å²) in [5.41, 5.74) is -0.411. The topological polar surface area (TPSA) is 168 Å². The molecule has 1 aromatic heterocycles. The van der Waals surface area contributed by atoms with E-state index in [9.17, 15) is 21.9 Å². The Bertz CT molecular complexity index is 1410. The number of fused-ring (bicyclic) bond motifs is 1. The molecule has 2 fully saturated rings. The molecule has 4 heterocycles. The Morgan fingerprint density at radius 3 is 2.80 bits per heavy atom. The van der Waals surface area contributed by atoms with Gasteiger partial charge in [-0.05, 0) is 38.4 Å². The van der Waals surface area contributed by atoms with E-state index in [4.69, 9.17) is 14.2 Å². The van der Waals surface area contributed by atoms with Crippen LogP contribution < -0.4 is 24.8 Å². The van der Waals surface area contributed by atoms with Crippen LogP contribution in [0.25, 0.3) is 0 Å². The Morgan fingerprint density at radius 2 is 2.02 bits per heavy atom. The molecule has 1 aromatic carbocycles. The highest BCUT2D eigenvalue weighted by atomic mass is 32.2. The van der Waals surface area contributed by atoms with Gasteiger partial charge in [-0.15, -0.1) is 0 Å². The molecule has 4 N–H and O–H groups in total. The normalized spacial score (nSPS) is 21.8. The van der Waals surface area contributed by atoms with Crippen LogP contribution in [0.2, 0.25) is 0 Å². The van der Waals surface area contributed by atoms with Gasteiger partial charge in [-0.2, -0.15) is 4.31 Å². The molecule has 2 atom stereocenters. The van der Waals surface area contributed by atoms with Gasteiger partial charge in [0.25, 0.3) is 0 Å². The fourth-order valence-corrected chi connectivity index (χ4v) is 7.32. The highest BCUT2D eigenvalue weighted by Gasteiger charge is 2.45. The molecule has 0 saturated carbocycles. The Morgan fingerprint density at radius 1 is 1.23 bits per heavy atom. The maximum absolute atomic E-state index is 13.2. The van der Waals surface area contributed by atoms with Gasteiger partial charge in [0.2, 0.25) is 20.0 Å². The van der Waals surface area contributed by atoms with Gasteiger partial charge in [-0.1, -0.05) is 6.07 Å². The van der Waals surface area contributed by atoms with Crippen LogP contribution in [0.1, 0.15) is 19.3 Å². The summed E-state index contributed by atoms with van der Waals surface area (Å²) in [5.74, 6) is 1.33. The lowest BCUT2D eigenvalue weighted by atomic mass is 9.88. The molecule has 5 rings (SSSR count). The lowest BCUT2D eigenvalue weighted by molar-refractivity contribution is -0.0312. The Hall–Kier alpha value is -2.53. The van der Waals surface area contributed by atoms with Crippen LogP contribution in [0, 0.1) is 0 Å². The molecule has 0 aliphatic carbocycles. The van der Waals surface area contributed by atoms with Crippen molar-refractivity contribution in [3.05, 3.63) is 36.5 Å². The molecule has 3 aliphatic heterocycles. The highest BCUT2D eigenvalue weighted by molar-refractivity contribution is 7.89. The first-order valence-corrected chi connectivity index (χ1v) is 16.1. The summed E-state index contributed by atoms with van der Waals surface area (Å²) < 4.78 is 71.5. The zero-order valence-electron chi connectivity index (χ0n) is 22.2. The first kappa shape index (κ1) is 29.0. The second-order valence-electron chi connectivity index (χ2n) is 10.1. The van der Waals surface area contributed by atoms with Crippen LogP contribution in [0.4, 0.5) is 5.82 Å². The molecule has 40 heavy (non-hydrogen) atoms. The second-order valence-corrected chi connectivity index (χ2v) is 14.0. The molecule has 2 aromatic rings. The lowest BCUT2D eigenvalue weighted by Crippen LogP contribution is -2.47. The van der Waals surface area contributed by atoms with Crippen molar-refractivity contribution in [1.29, 1.82) is 0 Å². The second kappa shape index (κ2) is 11.8. The number of aromatic nitrogens is 1. The van der Waals surface area contributed by atoms with E-state index in [1.807, 2.05) is 0 Å². The number of aliphatic hydroxyl groups excluding tert-OH is 1. The van der Waals surface area contributed by atoms with Crippen LogP contribution in [-0.4, -0.2) is 102 Å². The van der Waals surface area contributed by atoms with Gasteiger partial charge in [0.05, 0.1) is 23.6 Å². The standard InChI is InChI=1S/C25H35N5O8S2/c1-26-39(32,33)21-4-2-3-20(11-21)37-17-19(31)14-28-18-13-25(38-16-18)5-8-30(9-6-25)40(34,35)22-12-23-24(29-15-22)27-7-10-36-23/h2-4,11-12,15,18-19,26,28,31H,5-10,13-14,16-17H2,1H3,(H,27,29). The monoisotopic (exact) mass is 597 g/mol. The van der Waals surface area contributed by atoms with Crippen molar-refractivity contribution >= 4 is 25.9 Å². The van der Waals surface area contributed by atoms with Gasteiger partial charge in [-0.25, -0.2) is 26.5 Å². The average molecular weight is 598 g/mol. The van der Waals surface area contributed by atoms with Gasteiger partial charge in [0, 0.05) is 44.0 Å². The van der Waals surface area contributed by atoms with E-state index in [0.29, 0.717) is 69.4 Å². The molecule has 2 saturated heterocycles. The number of ether oxygens (including phenoxy) is 3. The minimum atomic E-state index is -3.71. The third-order valence-electron chi connectivity index (χ3n) is 7.43. The van der Waals surface area contributed by atoms with E-state index in [1.165, 1.54) is 35.7 Å². The average Bonchev–Trinajstić information content (AvgIpc) is 3.37. The van der Waals surface area contributed by atoms with Crippen molar-refractivity contribution < 1.29 is 36.2 Å². The number of hydrogen-bond acceptors (Lipinski definition) is 11. The minimum absolute atomic E-state index is 0.0106. The third kappa shape index (κ3) is 6.35. The third-order valence-corrected chi connectivity index (χ3v) is 10.7. The summed E-state index contributed by atoms with van der Waals surface area (Å²) in [6, 6.07) is 7.60. The van der Waals surface area contributed by atoms with E-state index in [1.54, 1.807) is 12.1 Å². The summed E-state index contributed by atoms with van der Waals surface area (Å²) in [6.45, 7) is 2.47. The Labute approximate surface area is 234 Å². The van der Waals surface area contributed by atoms with Crippen LogP contribution in [0.5, 0.6) is 11.5 Å². The number of aliphatic hydroxyl groups is 1. The molecule has 2 unspecified atom stereocenters. The van der Waals surface area contributed by atoms with Gasteiger partial charge < -0.3 is 30.0 Å². The van der Waals surface area contributed by atoms with Crippen molar-refractivity contribution in [1.82, 2.24) is 19.3 Å². The maximum Gasteiger partial charge on any atom is 0.244 e. The van der Waals surface area contributed by atoms with E-state index in [2.05, 4.69) is 20.3 Å². The predicted molar refractivity (Wildman–Crippen MR) is 145 cm³/mol.